The van der Waals surface area contributed by atoms with Gasteiger partial charge in [0.1, 0.15) is 6.54 Å². The first-order valence-corrected chi connectivity index (χ1v) is 4.69. The molecule has 7 nitrogen and oxygen atoms in total. The van der Waals surface area contributed by atoms with Crippen LogP contribution in [-0.2, 0) is 16.1 Å². The van der Waals surface area contributed by atoms with Gasteiger partial charge in [-0.2, -0.15) is 0 Å². The largest absolute Gasteiger partial charge is 0.480 e. The molecule has 7 heteroatoms. The molecule has 0 fully saturated rings. The molecule has 0 radical (unpaired) electrons. The van der Waals surface area contributed by atoms with E-state index in [1.165, 1.54) is 0 Å². The first kappa shape index (κ1) is 12.2. The van der Waals surface area contributed by atoms with Gasteiger partial charge in [-0.15, -0.1) is 0 Å². The highest BCUT2D eigenvalue weighted by Crippen LogP contribution is 2.14. The molecular weight excluding hydrogens is 214 g/mol. The van der Waals surface area contributed by atoms with Crippen LogP contribution >= 0.6 is 0 Å². The number of hydrogen-bond acceptors (Lipinski definition) is 5. The average molecular weight is 227 g/mol. The van der Waals surface area contributed by atoms with Crippen molar-refractivity contribution in [2.75, 3.05) is 6.54 Å². The number of carbonyl (C=O) groups is 2. The zero-order valence-electron chi connectivity index (χ0n) is 8.77. The molecular formula is C9H13N3O4. The molecule has 1 aromatic heterocycles. The summed E-state index contributed by atoms with van der Waals surface area (Å²) in [5, 5.41) is 14.3. The van der Waals surface area contributed by atoms with Crippen molar-refractivity contribution in [2.24, 2.45) is 5.73 Å². The lowest BCUT2D eigenvalue weighted by Crippen LogP contribution is -2.32. The number of hydrogen-bond donors (Lipinski definition) is 3. The van der Waals surface area contributed by atoms with Gasteiger partial charge in [0.05, 0.1) is 18.2 Å². The molecule has 0 aliphatic rings. The minimum atomic E-state index is -1.09. The summed E-state index contributed by atoms with van der Waals surface area (Å²) in [4.78, 5) is 21.7. The standard InChI is InChI=1S/C9H13N3O4/c1-5(9(15)11-4-8(13)14)7-2-6(3-10)16-12-7/h2,5H,3-4,10H2,1H3,(H,11,15)(H,13,14). The number of carboxylic acid groups (broad SMARTS) is 1. The van der Waals surface area contributed by atoms with Gasteiger partial charge >= 0.3 is 5.97 Å². The Morgan fingerprint density at radius 2 is 2.38 bits per heavy atom. The van der Waals surface area contributed by atoms with Gasteiger partial charge < -0.3 is 20.7 Å². The maximum absolute atomic E-state index is 11.5. The fourth-order valence-electron chi connectivity index (χ4n) is 1.08. The molecule has 1 unspecified atom stereocenters. The molecule has 0 aromatic carbocycles. The van der Waals surface area contributed by atoms with E-state index in [1.54, 1.807) is 13.0 Å². The van der Waals surface area contributed by atoms with Gasteiger partial charge in [0, 0.05) is 6.07 Å². The molecule has 1 heterocycles. The first-order valence-electron chi connectivity index (χ1n) is 4.69. The second kappa shape index (κ2) is 5.26. The van der Waals surface area contributed by atoms with Crippen molar-refractivity contribution in [3.63, 3.8) is 0 Å². The molecule has 1 amide bonds. The highest BCUT2D eigenvalue weighted by atomic mass is 16.5. The Bertz CT molecular complexity index is 388. The van der Waals surface area contributed by atoms with E-state index in [-0.39, 0.29) is 6.54 Å². The van der Waals surface area contributed by atoms with Gasteiger partial charge in [0.15, 0.2) is 5.76 Å². The summed E-state index contributed by atoms with van der Waals surface area (Å²) in [7, 11) is 0. The van der Waals surface area contributed by atoms with Gasteiger partial charge in [0.2, 0.25) is 5.91 Å². The Balaban J connectivity index is 2.59. The molecule has 0 bridgehead atoms. The van der Waals surface area contributed by atoms with Crippen LogP contribution in [0.25, 0.3) is 0 Å². The number of amides is 1. The van der Waals surface area contributed by atoms with E-state index in [0.717, 1.165) is 0 Å². The van der Waals surface area contributed by atoms with Gasteiger partial charge in [-0.3, -0.25) is 9.59 Å². The molecule has 1 rings (SSSR count). The second-order valence-electron chi connectivity index (χ2n) is 3.26. The third-order valence-electron chi connectivity index (χ3n) is 2.03. The summed E-state index contributed by atoms with van der Waals surface area (Å²) in [5.74, 6) is -1.60. The third kappa shape index (κ3) is 3.06. The summed E-state index contributed by atoms with van der Waals surface area (Å²) >= 11 is 0. The predicted molar refractivity (Wildman–Crippen MR) is 53.5 cm³/mol. The van der Waals surface area contributed by atoms with Gasteiger partial charge in [-0.25, -0.2) is 0 Å². The van der Waals surface area contributed by atoms with Crippen LogP contribution < -0.4 is 11.1 Å². The smallest absolute Gasteiger partial charge is 0.322 e. The van der Waals surface area contributed by atoms with Crippen molar-refractivity contribution < 1.29 is 19.2 Å². The predicted octanol–water partition coefficient (Wildman–Crippen LogP) is -0.562. The Labute approximate surface area is 91.6 Å². The van der Waals surface area contributed by atoms with Crippen LogP contribution in [0.15, 0.2) is 10.6 Å². The highest BCUT2D eigenvalue weighted by molar-refractivity contribution is 5.85. The van der Waals surface area contributed by atoms with Crippen molar-refractivity contribution in [1.29, 1.82) is 0 Å². The molecule has 0 saturated carbocycles. The van der Waals surface area contributed by atoms with Gasteiger partial charge in [0.25, 0.3) is 0 Å². The van der Waals surface area contributed by atoms with Crippen molar-refractivity contribution in [1.82, 2.24) is 10.5 Å². The summed E-state index contributed by atoms with van der Waals surface area (Å²) in [5.41, 5.74) is 5.76. The van der Waals surface area contributed by atoms with Crippen molar-refractivity contribution in [3.8, 4) is 0 Å². The van der Waals surface area contributed by atoms with E-state index in [2.05, 4.69) is 10.5 Å². The number of nitrogens with one attached hydrogen (secondary N) is 1. The maximum Gasteiger partial charge on any atom is 0.322 e. The van der Waals surface area contributed by atoms with Gasteiger partial charge in [-0.05, 0) is 6.92 Å². The van der Waals surface area contributed by atoms with E-state index in [1.807, 2.05) is 0 Å². The van der Waals surface area contributed by atoms with Crippen LogP contribution in [0.5, 0.6) is 0 Å². The Morgan fingerprint density at radius 3 is 2.88 bits per heavy atom. The SMILES string of the molecule is CC(C(=O)NCC(=O)O)c1cc(CN)on1. The Hall–Kier alpha value is -1.89. The molecule has 0 spiro atoms. The normalized spacial score (nSPS) is 12.1. The number of carbonyl (C=O) groups excluding carboxylic acids is 1. The maximum atomic E-state index is 11.5. The monoisotopic (exact) mass is 227 g/mol. The minimum Gasteiger partial charge on any atom is -0.480 e. The number of aliphatic carboxylic acids is 1. The van der Waals surface area contributed by atoms with Crippen LogP contribution in [0, 0.1) is 0 Å². The number of nitrogens with two attached hydrogens (primary N) is 1. The molecule has 1 aromatic rings. The molecule has 0 aliphatic carbocycles. The highest BCUT2D eigenvalue weighted by Gasteiger charge is 2.19. The Kier molecular flexibility index (Phi) is 4.01. The molecule has 88 valence electrons. The van der Waals surface area contributed by atoms with Crippen LogP contribution in [0.2, 0.25) is 0 Å². The number of aromatic nitrogens is 1. The van der Waals surface area contributed by atoms with Crippen LogP contribution in [-0.4, -0.2) is 28.7 Å². The number of carboxylic acids is 1. The zero-order chi connectivity index (χ0) is 12.1. The summed E-state index contributed by atoms with van der Waals surface area (Å²) < 4.78 is 4.84. The van der Waals surface area contributed by atoms with Crippen molar-refractivity contribution >= 4 is 11.9 Å². The lowest BCUT2D eigenvalue weighted by Gasteiger charge is -2.06. The number of rotatable bonds is 5. The molecule has 0 saturated heterocycles. The summed E-state index contributed by atoms with van der Waals surface area (Å²) in [6.45, 7) is 1.40. The molecule has 0 aliphatic heterocycles. The average Bonchev–Trinajstić information content (AvgIpc) is 2.73. The lowest BCUT2D eigenvalue weighted by atomic mass is 10.1. The number of nitrogens with zero attached hydrogens (tertiary/aromatic N) is 1. The van der Waals surface area contributed by atoms with Crippen LogP contribution in [0.1, 0.15) is 24.3 Å². The van der Waals surface area contributed by atoms with Crippen molar-refractivity contribution in [2.45, 2.75) is 19.4 Å². The van der Waals surface area contributed by atoms with E-state index in [0.29, 0.717) is 11.5 Å². The fraction of sp³-hybridized carbons (Fsp3) is 0.444. The first-order chi connectivity index (χ1) is 7.54. The van der Waals surface area contributed by atoms with Crippen LogP contribution in [0.4, 0.5) is 0 Å². The summed E-state index contributed by atoms with van der Waals surface area (Å²) in [6.07, 6.45) is 0. The molecule has 4 N–H and O–H groups in total. The van der Waals surface area contributed by atoms with E-state index >= 15 is 0 Å². The summed E-state index contributed by atoms with van der Waals surface area (Å²) in [6, 6.07) is 1.57. The van der Waals surface area contributed by atoms with Gasteiger partial charge in [-0.1, -0.05) is 5.16 Å². The lowest BCUT2D eigenvalue weighted by molar-refractivity contribution is -0.138. The van der Waals surface area contributed by atoms with E-state index in [9.17, 15) is 9.59 Å². The quantitative estimate of drug-likeness (QED) is 0.620. The van der Waals surface area contributed by atoms with E-state index in [4.69, 9.17) is 15.4 Å². The molecule has 16 heavy (non-hydrogen) atoms. The topological polar surface area (TPSA) is 118 Å². The zero-order valence-corrected chi connectivity index (χ0v) is 8.77. The second-order valence-corrected chi connectivity index (χ2v) is 3.26. The van der Waals surface area contributed by atoms with Crippen LogP contribution in [0.3, 0.4) is 0 Å². The third-order valence-corrected chi connectivity index (χ3v) is 2.03. The fourth-order valence-corrected chi connectivity index (χ4v) is 1.08. The Morgan fingerprint density at radius 1 is 1.69 bits per heavy atom. The molecule has 1 atom stereocenters. The van der Waals surface area contributed by atoms with Crippen molar-refractivity contribution in [3.05, 3.63) is 17.5 Å². The van der Waals surface area contributed by atoms with E-state index < -0.39 is 24.3 Å². The minimum absolute atomic E-state index is 0.205.